The maximum Gasteiger partial charge on any atom is 0.316 e. The number of benzene rings is 1. The molecule has 1 fully saturated rings. The summed E-state index contributed by atoms with van der Waals surface area (Å²) in [6, 6.07) is 9.65. The van der Waals surface area contributed by atoms with Crippen molar-refractivity contribution < 1.29 is 9.59 Å². The second-order valence-corrected chi connectivity index (χ2v) is 4.07. The number of aliphatic imine (C=N–C) groups is 1. The summed E-state index contributed by atoms with van der Waals surface area (Å²) in [6.45, 7) is 0.338. The van der Waals surface area contributed by atoms with Crippen LogP contribution in [0.1, 0.15) is 5.56 Å². The first-order valence-electron chi connectivity index (χ1n) is 5.73. The van der Waals surface area contributed by atoms with Crippen molar-refractivity contribution in [3.05, 3.63) is 42.1 Å². The number of hydrogen-bond donors (Lipinski definition) is 2. The van der Waals surface area contributed by atoms with Crippen LogP contribution >= 0.6 is 0 Å². The van der Waals surface area contributed by atoms with Crippen molar-refractivity contribution in [1.82, 2.24) is 15.6 Å². The van der Waals surface area contributed by atoms with Gasteiger partial charge in [-0.3, -0.25) is 25.2 Å². The number of carbonyl (C=O) groups is 2. The summed E-state index contributed by atoms with van der Waals surface area (Å²) in [5.41, 5.74) is 1.80. The molecule has 2 heterocycles. The van der Waals surface area contributed by atoms with Crippen LogP contribution in [0.3, 0.4) is 0 Å². The van der Waals surface area contributed by atoms with Crippen molar-refractivity contribution in [1.29, 1.82) is 0 Å². The molecular formula is C13H10N4O2. The molecule has 1 aromatic heterocycles. The summed E-state index contributed by atoms with van der Waals surface area (Å²) in [5.74, 6) is -1.19. The molecule has 1 aromatic carbocycles. The fourth-order valence-electron chi connectivity index (χ4n) is 1.90. The van der Waals surface area contributed by atoms with Crippen molar-refractivity contribution in [2.45, 2.75) is 6.54 Å². The van der Waals surface area contributed by atoms with Gasteiger partial charge in [-0.1, -0.05) is 24.3 Å². The van der Waals surface area contributed by atoms with Gasteiger partial charge in [-0.2, -0.15) is 0 Å². The molecule has 1 aliphatic heterocycles. The predicted molar refractivity (Wildman–Crippen MR) is 69.2 cm³/mol. The van der Waals surface area contributed by atoms with Gasteiger partial charge in [-0.25, -0.2) is 4.99 Å². The number of para-hydroxylation sites is 1. The molecule has 0 spiro atoms. The molecule has 2 N–H and O–H groups in total. The first-order chi connectivity index (χ1) is 9.24. The monoisotopic (exact) mass is 254 g/mol. The molecule has 6 heteroatoms. The van der Waals surface area contributed by atoms with E-state index >= 15 is 0 Å². The zero-order valence-electron chi connectivity index (χ0n) is 9.88. The van der Waals surface area contributed by atoms with E-state index in [9.17, 15) is 9.59 Å². The standard InChI is InChI=1S/C13H10N4O2/c18-11-12(19)17-13(16-11)15-7-9-4-1-3-8-5-2-6-14-10(8)9/h1-6H,7H2,(H2,15,16,17,18,19). The SMILES string of the molecule is O=C1NC(=NCc2cccc3cccnc23)NC1=O. The molecule has 2 amide bonds. The fraction of sp³-hybridized carbons (Fsp3) is 0.0769. The number of amides is 2. The van der Waals surface area contributed by atoms with Crippen LogP contribution in [0.15, 0.2) is 41.5 Å². The second kappa shape index (κ2) is 4.49. The number of nitrogens with one attached hydrogen (secondary N) is 2. The molecule has 1 aliphatic rings. The molecule has 0 saturated carbocycles. The summed E-state index contributed by atoms with van der Waals surface area (Å²) >= 11 is 0. The third-order valence-corrected chi connectivity index (χ3v) is 2.79. The lowest BCUT2D eigenvalue weighted by molar-refractivity contribution is -0.135. The molecule has 6 nitrogen and oxygen atoms in total. The largest absolute Gasteiger partial charge is 0.316 e. The highest BCUT2D eigenvalue weighted by atomic mass is 16.2. The van der Waals surface area contributed by atoms with Crippen molar-refractivity contribution >= 4 is 28.7 Å². The highest BCUT2D eigenvalue weighted by Crippen LogP contribution is 2.16. The number of pyridine rings is 1. The third kappa shape index (κ3) is 2.15. The maximum absolute atomic E-state index is 11.0. The number of fused-ring (bicyclic) bond motifs is 1. The number of rotatable bonds is 2. The maximum atomic E-state index is 11.0. The molecule has 3 rings (SSSR count). The molecule has 0 atom stereocenters. The smallest absolute Gasteiger partial charge is 0.288 e. The number of nitrogens with zero attached hydrogens (tertiary/aromatic N) is 2. The van der Waals surface area contributed by atoms with Gasteiger partial charge >= 0.3 is 11.8 Å². The van der Waals surface area contributed by atoms with Gasteiger partial charge in [0, 0.05) is 11.6 Å². The first-order valence-corrected chi connectivity index (χ1v) is 5.73. The average Bonchev–Trinajstić information content (AvgIpc) is 2.75. The lowest BCUT2D eigenvalue weighted by Crippen LogP contribution is -2.25. The zero-order valence-corrected chi connectivity index (χ0v) is 9.88. The Balaban J connectivity index is 1.88. The van der Waals surface area contributed by atoms with Crippen LogP contribution in [0.2, 0.25) is 0 Å². The lowest BCUT2D eigenvalue weighted by Gasteiger charge is -2.03. The van der Waals surface area contributed by atoms with E-state index in [1.807, 2.05) is 30.3 Å². The number of guanidine groups is 1. The van der Waals surface area contributed by atoms with Gasteiger partial charge in [0.1, 0.15) is 0 Å². The summed E-state index contributed by atoms with van der Waals surface area (Å²) in [5, 5.41) is 5.73. The molecular weight excluding hydrogens is 244 g/mol. The van der Waals surface area contributed by atoms with Crippen LogP contribution in [0, 0.1) is 0 Å². The Kier molecular flexibility index (Phi) is 2.68. The predicted octanol–water partition coefficient (Wildman–Crippen LogP) is 0.337. The van der Waals surface area contributed by atoms with E-state index in [1.54, 1.807) is 6.20 Å². The normalized spacial score (nSPS) is 14.4. The van der Waals surface area contributed by atoms with Crippen molar-refractivity contribution in [2.75, 3.05) is 0 Å². The summed E-state index contributed by atoms with van der Waals surface area (Å²) in [7, 11) is 0. The minimum Gasteiger partial charge on any atom is -0.288 e. The summed E-state index contributed by atoms with van der Waals surface area (Å²) < 4.78 is 0. The van der Waals surface area contributed by atoms with Gasteiger partial charge in [-0.15, -0.1) is 0 Å². The quantitative estimate of drug-likeness (QED) is 0.758. The Labute approximate surface area is 108 Å². The van der Waals surface area contributed by atoms with Crippen LogP contribution in [-0.2, 0) is 16.1 Å². The highest BCUT2D eigenvalue weighted by molar-refractivity contribution is 6.45. The molecule has 19 heavy (non-hydrogen) atoms. The molecule has 0 aliphatic carbocycles. The molecule has 94 valence electrons. The van der Waals surface area contributed by atoms with Gasteiger partial charge < -0.3 is 0 Å². The van der Waals surface area contributed by atoms with Crippen LogP contribution in [0.5, 0.6) is 0 Å². The number of aromatic nitrogens is 1. The molecule has 0 unspecified atom stereocenters. The van der Waals surface area contributed by atoms with Crippen molar-refractivity contribution in [3.63, 3.8) is 0 Å². The Hall–Kier alpha value is -2.76. The second-order valence-electron chi connectivity index (χ2n) is 4.07. The van der Waals surface area contributed by atoms with E-state index in [0.717, 1.165) is 16.5 Å². The van der Waals surface area contributed by atoms with Crippen molar-refractivity contribution in [2.24, 2.45) is 4.99 Å². The van der Waals surface area contributed by atoms with Gasteiger partial charge in [0.25, 0.3) is 0 Å². The molecule has 1 saturated heterocycles. The zero-order chi connectivity index (χ0) is 13.2. The Morgan fingerprint density at radius 2 is 1.79 bits per heavy atom. The van der Waals surface area contributed by atoms with E-state index in [0.29, 0.717) is 6.54 Å². The van der Waals surface area contributed by atoms with E-state index < -0.39 is 11.8 Å². The minimum absolute atomic E-state index is 0.183. The Morgan fingerprint density at radius 1 is 1.05 bits per heavy atom. The third-order valence-electron chi connectivity index (χ3n) is 2.79. The number of hydrogen-bond acceptors (Lipinski definition) is 4. The molecule has 0 radical (unpaired) electrons. The number of carbonyl (C=O) groups excluding carboxylic acids is 2. The Bertz CT molecular complexity index is 685. The van der Waals surface area contributed by atoms with Gasteiger partial charge in [0.15, 0.2) is 0 Å². The van der Waals surface area contributed by atoms with E-state index in [2.05, 4.69) is 20.6 Å². The van der Waals surface area contributed by atoms with Gasteiger partial charge in [0.05, 0.1) is 12.1 Å². The van der Waals surface area contributed by atoms with Crippen LogP contribution in [0.25, 0.3) is 10.9 Å². The topological polar surface area (TPSA) is 83.4 Å². The highest BCUT2D eigenvalue weighted by Gasteiger charge is 2.24. The molecule has 2 aromatic rings. The molecule has 0 bridgehead atoms. The van der Waals surface area contributed by atoms with Gasteiger partial charge in [-0.05, 0) is 11.6 Å². The fourth-order valence-corrected chi connectivity index (χ4v) is 1.90. The Morgan fingerprint density at radius 3 is 2.58 bits per heavy atom. The van der Waals surface area contributed by atoms with E-state index in [1.165, 1.54) is 0 Å². The lowest BCUT2D eigenvalue weighted by atomic mass is 10.1. The van der Waals surface area contributed by atoms with E-state index in [4.69, 9.17) is 0 Å². The van der Waals surface area contributed by atoms with Gasteiger partial charge in [0.2, 0.25) is 5.96 Å². The van der Waals surface area contributed by atoms with E-state index in [-0.39, 0.29) is 5.96 Å². The van der Waals surface area contributed by atoms with Crippen molar-refractivity contribution in [3.8, 4) is 0 Å². The van der Waals surface area contributed by atoms with Crippen LogP contribution < -0.4 is 10.6 Å². The minimum atomic E-state index is -0.685. The summed E-state index contributed by atoms with van der Waals surface area (Å²) in [4.78, 5) is 30.5. The average molecular weight is 254 g/mol. The van der Waals surface area contributed by atoms with Crippen LogP contribution in [0.4, 0.5) is 0 Å². The van der Waals surface area contributed by atoms with Crippen LogP contribution in [-0.4, -0.2) is 22.8 Å². The summed E-state index contributed by atoms with van der Waals surface area (Å²) in [6.07, 6.45) is 1.72. The first kappa shape index (κ1) is 11.3.